The highest BCUT2D eigenvalue weighted by Crippen LogP contribution is 2.37. The zero-order valence-electron chi connectivity index (χ0n) is 10.5. The van der Waals surface area contributed by atoms with Crippen molar-refractivity contribution in [1.29, 1.82) is 0 Å². The largest absolute Gasteiger partial charge is 0.321 e. The fourth-order valence-electron chi connectivity index (χ4n) is 1.86. The second-order valence-electron chi connectivity index (χ2n) is 4.82. The van der Waals surface area contributed by atoms with Crippen LogP contribution in [-0.4, -0.2) is 14.3 Å². The average Bonchev–Trinajstić information content (AvgIpc) is 3.15. The van der Waals surface area contributed by atoms with Crippen LogP contribution in [0.4, 0.5) is 14.5 Å². The molecule has 0 heterocycles. The Bertz CT molecular complexity index is 636. The Morgan fingerprint density at radius 1 is 1.35 bits per heavy atom. The van der Waals surface area contributed by atoms with Crippen molar-refractivity contribution >= 4 is 31.3 Å². The topological polar surface area (TPSA) is 63.2 Å². The van der Waals surface area contributed by atoms with Crippen LogP contribution >= 0.6 is 10.7 Å². The van der Waals surface area contributed by atoms with Crippen LogP contribution in [0.2, 0.25) is 0 Å². The lowest BCUT2D eigenvalue weighted by Gasteiger charge is -2.13. The zero-order chi connectivity index (χ0) is 15.1. The Kier molecular flexibility index (Phi) is 4.02. The molecular formula is C12H12ClF2NO3S. The predicted octanol–water partition coefficient (Wildman–Crippen LogP) is 2.88. The van der Waals surface area contributed by atoms with E-state index in [9.17, 15) is 22.0 Å². The van der Waals surface area contributed by atoms with Gasteiger partial charge in [0.1, 0.15) is 5.69 Å². The van der Waals surface area contributed by atoms with E-state index in [1.54, 1.807) is 6.92 Å². The van der Waals surface area contributed by atoms with E-state index in [2.05, 4.69) is 5.32 Å². The number of carbonyl (C=O) groups excluding carboxylic acids is 1. The van der Waals surface area contributed by atoms with Gasteiger partial charge in [0, 0.05) is 16.6 Å². The molecule has 1 N–H and O–H groups in total. The summed E-state index contributed by atoms with van der Waals surface area (Å²) >= 11 is 0. The molecule has 4 nitrogen and oxygen atoms in total. The van der Waals surface area contributed by atoms with Gasteiger partial charge in [0.25, 0.3) is 9.05 Å². The van der Waals surface area contributed by atoms with Crippen molar-refractivity contribution < 1.29 is 22.0 Å². The van der Waals surface area contributed by atoms with Crippen LogP contribution in [0.15, 0.2) is 17.0 Å². The molecule has 8 heteroatoms. The minimum absolute atomic E-state index is 0.239. The van der Waals surface area contributed by atoms with Crippen LogP contribution in [-0.2, 0) is 13.8 Å². The molecule has 0 radical (unpaired) electrons. The van der Waals surface area contributed by atoms with Gasteiger partial charge in [-0.1, -0.05) is 6.92 Å². The van der Waals surface area contributed by atoms with Gasteiger partial charge in [0.2, 0.25) is 5.91 Å². The third-order valence-electron chi connectivity index (χ3n) is 3.29. The molecule has 1 aliphatic carbocycles. The zero-order valence-corrected chi connectivity index (χ0v) is 12.1. The SMILES string of the molecule is CC(C(=O)Nc1c(F)cc(S(=O)(=O)Cl)cc1F)C1CC1. The average molecular weight is 324 g/mol. The summed E-state index contributed by atoms with van der Waals surface area (Å²) in [7, 11) is 0.779. The quantitative estimate of drug-likeness (QED) is 0.867. The molecule has 1 atom stereocenters. The monoisotopic (exact) mass is 323 g/mol. The van der Waals surface area contributed by atoms with Crippen LogP contribution in [0.5, 0.6) is 0 Å². The van der Waals surface area contributed by atoms with Crippen LogP contribution in [0, 0.1) is 23.5 Å². The molecule has 1 unspecified atom stereocenters. The van der Waals surface area contributed by atoms with Gasteiger partial charge in [0.05, 0.1) is 4.90 Å². The predicted molar refractivity (Wildman–Crippen MR) is 69.9 cm³/mol. The number of carbonyl (C=O) groups is 1. The number of amides is 1. The van der Waals surface area contributed by atoms with Crippen molar-refractivity contribution in [2.75, 3.05) is 5.32 Å². The van der Waals surface area contributed by atoms with E-state index in [0.29, 0.717) is 12.1 Å². The summed E-state index contributed by atoms with van der Waals surface area (Å²) in [5.41, 5.74) is -0.661. The molecule has 1 aromatic carbocycles. The Labute approximate surface area is 119 Å². The highest BCUT2D eigenvalue weighted by Gasteiger charge is 2.33. The Morgan fingerprint density at radius 3 is 2.25 bits per heavy atom. The van der Waals surface area contributed by atoms with E-state index in [1.807, 2.05) is 0 Å². The number of benzene rings is 1. The molecular weight excluding hydrogens is 312 g/mol. The first-order valence-electron chi connectivity index (χ1n) is 5.94. The highest BCUT2D eigenvalue weighted by molar-refractivity contribution is 8.13. The second-order valence-corrected chi connectivity index (χ2v) is 7.38. The minimum atomic E-state index is -4.23. The van der Waals surface area contributed by atoms with E-state index >= 15 is 0 Å². The fraction of sp³-hybridized carbons (Fsp3) is 0.417. The van der Waals surface area contributed by atoms with Gasteiger partial charge < -0.3 is 5.32 Å². The van der Waals surface area contributed by atoms with Crippen molar-refractivity contribution in [3.63, 3.8) is 0 Å². The molecule has 1 aromatic rings. The minimum Gasteiger partial charge on any atom is -0.321 e. The summed E-state index contributed by atoms with van der Waals surface area (Å²) in [6, 6.07) is 1.14. The molecule has 2 rings (SSSR count). The van der Waals surface area contributed by atoms with Gasteiger partial charge in [-0.15, -0.1) is 0 Å². The van der Waals surface area contributed by atoms with E-state index in [4.69, 9.17) is 10.7 Å². The first-order valence-corrected chi connectivity index (χ1v) is 8.25. The molecule has 0 aromatic heterocycles. The molecule has 110 valence electrons. The Balaban J connectivity index is 2.26. The molecule has 0 aliphatic heterocycles. The van der Waals surface area contributed by atoms with Crippen molar-refractivity contribution in [2.24, 2.45) is 11.8 Å². The third-order valence-corrected chi connectivity index (χ3v) is 4.62. The summed E-state index contributed by atoms with van der Waals surface area (Å²) in [5.74, 6) is -2.96. The molecule has 20 heavy (non-hydrogen) atoms. The molecule has 1 amide bonds. The lowest BCUT2D eigenvalue weighted by atomic mass is 10.1. The number of nitrogens with one attached hydrogen (secondary N) is 1. The maximum absolute atomic E-state index is 13.7. The maximum Gasteiger partial charge on any atom is 0.261 e. The van der Waals surface area contributed by atoms with E-state index in [1.165, 1.54) is 0 Å². The summed E-state index contributed by atoms with van der Waals surface area (Å²) in [4.78, 5) is 11.1. The number of hydrogen-bond acceptors (Lipinski definition) is 3. The van der Waals surface area contributed by atoms with E-state index in [0.717, 1.165) is 12.8 Å². The molecule has 0 saturated heterocycles. The highest BCUT2D eigenvalue weighted by atomic mass is 35.7. The summed E-state index contributed by atoms with van der Waals surface area (Å²) in [5, 5.41) is 2.15. The van der Waals surface area contributed by atoms with Crippen LogP contribution in [0.3, 0.4) is 0 Å². The Morgan fingerprint density at radius 2 is 1.85 bits per heavy atom. The summed E-state index contributed by atoms with van der Waals surface area (Å²) < 4.78 is 49.5. The van der Waals surface area contributed by atoms with Gasteiger partial charge in [0.15, 0.2) is 11.6 Å². The Hall–Kier alpha value is -1.21. The fourth-order valence-corrected chi connectivity index (χ4v) is 2.61. The summed E-state index contributed by atoms with van der Waals surface area (Å²) in [6.45, 7) is 1.68. The van der Waals surface area contributed by atoms with E-state index < -0.39 is 37.2 Å². The van der Waals surface area contributed by atoms with Gasteiger partial charge >= 0.3 is 0 Å². The maximum atomic E-state index is 13.7. The van der Waals surface area contributed by atoms with Gasteiger partial charge in [-0.3, -0.25) is 4.79 Å². The van der Waals surface area contributed by atoms with Crippen LogP contribution in [0.1, 0.15) is 19.8 Å². The van der Waals surface area contributed by atoms with Gasteiger partial charge in [-0.25, -0.2) is 17.2 Å². The lowest BCUT2D eigenvalue weighted by Crippen LogP contribution is -2.23. The van der Waals surface area contributed by atoms with Crippen molar-refractivity contribution in [3.8, 4) is 0 Å². The van der Waals surface area contributed by atoms with Crippen molar-refractivity contribution in [2.45, 2.75) is 24.7 Å². The first-order chi connectivity index (χ1) is 9.20. The lowest BCUT2D eigenvalue weighted by molar-refractivity contribution is -0.120. The molecule has 1 saturated carbocycles. The number of halogens is 3. The molecule has 1 fully saturated rings. The van der Waals surface area contributed by atoms with Gasteiger partial charge in [-0.05, 0) is 30.9 Å². The number of rotatable bonds is 4. The van der Waals surface area contributed by atoms with Crippen molar-refractivity contribution in [3.05, 3.63) is 23.8 Å². The van der Waals surface area contributed by atoms with Crippen molar-refractivity contribution in [1.82, 2.24) is 0 Å². The molecule has 0 spiro atoms. The normalized spacial score (nSPS) is 16.8. The van der Waals surface area contributed by atoms with Crippen LogP contribution in [0.25, 0.3) is 0 Å². The molecule has 0 bridgehead atoms. The van der Waals surface area contributed by atoms with Gasteiger partial charge in [-0.2, -0.15) is 0 Å². The third kappa shape index (κ3) is 3.27. The molecule has 1 aliphatic rings. The van der Waals surface area contributed by atoms with E-state index in [-0.39, 0.29) is 11.8 Å². The number of anilines is 1. The number of hydrogen-bond donors (Lipinski definition) is 1. The second kappa shape index (κ2) is 5.29. The smallest absolute Gasteiger partial charge is 0.261 e. The summed E-state index contributed by atoms with van der Waals surface area (Å²) in [6.07, 6.45) is 1.84. The first kappa shape index (κ1) is 15.2. The standard InChI is InChI=1S/C12H12ClF2NO3S/c1-6(7-2-3-7)12(17)16-11-9(14)4-8(5-10(11)15)20(13,18)19/h4-7H,2-3H2,1H3,(H,16,17). The van der Waals surface area contributed by atoms with Crippen LogP contribution < -0.4 is 5.32 Å².